The minimum atomic E-state index is -0.502. The highest BCUT2D eigenvalue weighted by atomic mass is 16.5. The molecule has 2 rings (SSSR count). The van der Waals surface area contributed by atoms with Crippen LogP contribution in [0.4, 0.5) is 0 Å². The van der Waals surface area contributed by atoms with Gasteiger partial charge in [0.15, 0.2) is 0 Å². The summed E-state index contributed by atoms with van der Waals surface area (Å²) in [6.45, 7) is 0. The maximum Gasteiger partial charge on any atom is 0.124 e. The van der Waals surface area contributed by atoms with Crippen LogP contribution < -0.4 is 4.74 Å². The van der Waals surface area contributed by atoms with Crippen LogP contribution in [-0.2, 0) is 0 Å². The van der Waals surface area contributed by atoms with E-state index in [4.69, 9.17) is 4.74 Å². The van der Waals surface area contributed by atoms with E-state index in [0.29, 0.717) is 0 Å². The molecular weight excluding hydrogens is 200 g/mol. The summed E-state index contributed by atoms with van der Waals surface area (Å²) in [5.74, 6) is 0.888. The van der Waals surface area contributed by atoms with E-state index >= 15 is 0 Å². The summed E-state index contributed by atoms with van der Waals surface area (Å²) in [7, 11) is 1.63. The third-order valence-electron chi connectivity index (χ3n) is 2.88. The molecule has 0 bridgehead atoms. The summed E-state index contributed by atoms with van der Waals surface area (Å²) in [6, 6.07) is 7.62. The summed E-state index contributed by atoms with van der Waals surface area (Å²) in [6.07, 6.45) is 8.46. The molecule has 1 N–H and O–H groups in total. The summed E-state index contributed by atoms with van der Waals surface area (Å²) in [5.41, 5.74) is 0.856. The molecular formula is C14H16O2. The molecule has 0 unspecified atom stereocenters. The quantitative estimate of drug-likeness (QED) is 0.841. The molecule has 0 radical (unpaired) electrons. The van der Waals surface area contributed by atoms with Crippen molar-refractivity contribution in [3.63, 3.8) is 0 Å². The Kier molecular flexibility index (Phi) is 3.42. The van der Waals surface area contributed by atoms with Crippen molar-refractivity contribution in [2.45, 2.75) is 12.5 Å². The first-order valence-electron chi connectivity index (χ1n) is 5.47. The number of benzene rings is 1. The van der Waals surface area contributed by atoms with Crippen LogP contribution in [0.2, 0.25) is 0 Å². The maximum absolute atomic E-state index is 10.3. The zero-order valence-electron chi connectivity index (χ0n) is 9.34. The topological polar surface area (TPSA) is 29.5 Å². The molecule has 84 valence electrons. The zero-order chi connectivity index (χ0) is 11.4. The molecule has 0 spiro atoms. The maximum atomic E-state index is 10.3. The number of hydrogen-bond acceptors (Lipinski definition) is 2. The van der Waals surface area contributed by atoms with Crippen LogP contribution in [0.5, 0.6) is 5.75 Å². The molecule has 1 aliphatic carbocycles. The van der Waals surface area contributed by atoms with Crippen LogP contribution in [0.25, 0.3) is 0 Å². The lowest BCUT2D eigenvalue weighted by atomic mass is 9.90. The molecule has 0 fully saturated rings. The van der Waals surface area contributed by atoms with E-state index in [1.807, 2.05) is 42.5 Å². The molecule has 0 saturated heterocycles. The molecule has 2 nitrogen and oxygen atoms in total. The predicted octanol–water partition coefficient (Wildman–Crippen LogP) is 2.86. The van der Waals surface area contributed by atoms with Gasteiger partial charge >= 0.3 is 0 Å². The normalized spacial score (nSPS) is 20.8. The van der Waals surface area contributed by atoms with Gasteiger partial charge in [0, 0.05) is 11.5 Å². The van der Waals surface area contributed by atoms with Gasteiger partial charge in [0.2, 0.25) is 0 Å². The van der Waals surface area contributed by atoms with E-state index in [1.165, 1.54) is 0 Å². The van der Waals surface area contributed by atoms with Crippen LogP contribution in [0.1, 0.15) is 18.1 Å². The Hall–Kier alpha value is -1.54. The lowest BCUT2D eigenvalue weighted by Crippen LogP contribution is -2.12. The highest BCUT2D eigenvalue weighted by Crippen LogP contribution is 2.33. The van der Waals surface area contributed by atoms with Crippen LogP contribution in [0.3, 0.4) is 0 Å². The third kappa shape index (κ3) is 2.17. The van der Waals surface area contributed by atoms with Gasteiger partial charge < -0.3 is 9.84 Å². The molecule has 0 aliphatic heterocycles. The lowest BCUT2D eigenvalue weighted by Gasteiger charge is -2.22. The standard InChI is InChI=1S/C14H16O2/c1-16-13-10-6-5-9-12(13)14(15)11-7-3-2-4-8-11/h2-7,9-11,14-15H,8H2,1H3/t11-,14-/m1/s1. The Morgan fingerprint density at radius 1 is 1.31 bits per heavy atom. The first-order chi connectivity index (χ1) is 7.83. The number of ether oxygens (including phenoxy) is 1. The molecule has 0 aromatic heterocycles. The second-order valence-corrected chi connectivity index (χ2v) is 3.90. The minimum Gasteiger partial charge on any atom is -0.496 e. The van der Waals surface area contributed by atoms with E-state index in [-0.39, 0.29) is 5.92 Å². The Balaban J connectivity index is 2.22. The minimum absolute atomic E-state index is 0.140. The average molecular weight is 216 g/mol. The number of rotatable bonds is 3. The summed E-state index contributed by atoms with van der Waals surface area (Å²) >= 11 is 0. The monoisotopic (exact) mass is 216 g/mol. The molecule has 1 aromatic rings. The molecule has 0 amide bonds. The van der Waals surface area contributed by atoms with Crippen molar-refractivity contribution in [1.82, 2.24) is 0 Å². The van der Waals surface area contributed by atoms with Crippen molar-refractivity contribution >= 4 is 0 Å². The predicted molar refractivity (Wildman–Crippen MR) is 64.3 cm³/mol. The van der Waals surface area contributed by atoms with E-state index < -0.39 is 6.10 Å². The van der Waals surface area contributed by atoms with Gasteiger partial charge in [0.05, 0.1) is 13.2 Å². The van der Waals surface area contributed by atoms with Crippen molar-refractivity contribution in [2.24, 2.45) is 5.92 Å². The fraction of sp³-hybridized carbons (Fsp3) is 0.286. The van der Waals surface area contributed by atoms with Crippen molar-refractivity contribution in [3.8, 4) is 5.75 Å². The lowest BCUT2D eigenvalue weighted by molar-refractivity contribution is 0.128. The van der Waals surface area contributed by atoms with Crippen molar-refractivity contribution < 1.29 is 9.84 Å². The summed E-state index contributed by atoms with van der Waals surface area (Å²) in [5, 5.41) is 10.3. The fourth-order valence-corrected chi connectivity index (χ4v) is 1.98. The Bertz CT molecular complexity index is 407. The number of para-hydroxylation sites is 1. The van der Waals surface area contributed by atoms with Crippen LogP contribution in [-0.4, -0.2) is 12.2 Å². The number of allylic oxidation sites excluding steroid dienone is 3. The highest BCUT2D eigenvalue weighted by molar-refractivity contribution is 5.36. The molecule has 2 heteroatoms. The Morgan fingerprint density at radius 3 is 2.81 bits per heavy atom. The van der Waals surface area contributed by atoms with E-state index in [1.54, 1.807) is 7.11 Å². The summed E-state index contributed by atoms with van der Waals surface area (Å²) in [4.78, 5) is 0. The van der Waals surface area contributed by atoms with Gasteiger partial charge in [0.25, 0.3) is 0 Å². The zero-order valence-corrected chi connectivity index (χ0v) is 9.34. The average Bonchev–Trinajstić information content (AvgIpc) is 2.39. The molecule has 1 aliphatic rings. The summed E-state index contributed by atoms with van der Waals surface area (Å²) < 4.78 is 5.26. The van der Waals surface area contributed by atoms with Gasteiger partial charge in [0.1, 0.15) is 5.75 Å². The fourth-order valence-electron chi connectivity index (χ4n) is 1.98. The smallest absolute Gasteiger partial charge is 0.124 e. The number of aliphatic hydroxyl groups is 1. The number of methoxy groups -OCH3 is 1. The van der Waals surface area contributed by atoms with Gasteiger partial charge in [-0.3, -0.25) is 0 Å². The van der Waals surface area contributed by atoms with E-state index in [0.717, 1.165) is 17.7 Å². The first-order valence-corrected chi connectivity index (χ1v) is 5.47. The van der Waals surface area contributed by atoms with E-state index in [9.17, 15) is 5.11 Å². The number of aliphatic hydroxyl groups excluding tert-OH is 1. The molecule has 16 heavy (non-hydrogen) atoms. The van der Waals surface area contributed by atoms with Crippen molar-refractivity contribution in [1.29, 1.82) is 0 Å². The number of hydrogen-bond donors (Lipinski definition) is 1. The van der Waals surface area contributed by atoms with Crippen LogP contribution >= 0.6 is 0 Å². The van der Waals surface area contributed by atoms with Crippen LogP contribution in [0.15, 0.2) is 48.6 Å². The van der Waals surface area contributed by atoms with Gasteiger partial charge in [-0.1, -0.05) is 42.5 Å². The van der Waals surface area contributed by atoms with Crippen LogP contribution in [0, 0.1) is 5.92 Å². The van der Waals surface area contributed by atoms with E-state index in [2.05, 4.69) is 6.08 Å². The van der Waals surface area contributed by atoms with Gasteiger partial charge in [-0.15, -0.1) is 0 Å². The second-order valence-electron chi connectivity index (χ2n) is 3.90. The molecule has 0 saturated carbocycles. The highest BCUT2D eigenvalue weighted by Gasteiger charge is 2.21. The SMILES string of the molecule is COc1ccccc1[C@H](O)[C@@H]1C=CC=CC1. The largest absolute Gasteiger partial charge is 0.496 e. The molecule has 1 aromatic carbocycles. The Labute approximate surface area is 95.9 Å². The Morgan fingerprint density at radius 2 is 2.12 bits per heavy atom. The first kappa shape index (κ1) is 11.0. The van der Waals surface area contributed by atoms with Crippen molar-refractivity contribution in [3.05, 3.63) is 54.1 Å². The van der Waals surface area contributed by atoms with Gasteiger partial charge in [-0.25, -0.2) is 0 Å². The molecule has 2 atom stereocenters. The van der Waals surface area contributed by atoms with Gasteiger partial charge in [-0.05, 0) is 12.5 Å². The van der Waals surface area contributed by atoms with Gasteiger partial charge in [-0.2, -0.15) is 0 Å². The van der Waals surface area contributed by atoms with Crippen molar-refractivity contribution in [2.75, 3.05) is 7.11 Å². The molecule has 0 heterocycles. The third-order valence-corrected chi connectivity index (χ3v) is 2.88. The second kappa shape index (κ2) is 4.99.